The third-order valence-corrected chi connectivity index (χ3v) is 2.98. The minimum Gasteiger partial charge on any atom is -0.373 e. The molecule has 1 aromatic rings. The largest absolute Gasteiger partial charge is 0.373 e. The number of halogens is 2. The Labute approximate surface area is 93.4 Å². The van der Waals surface area contributed by atoms with Gasteiger partial charge in [0.2, 0.25) is 0 Å². The molecule has 16 heavy (non-hydrogen) atoms. The van der Waals surface area contributed by atoms with E-state index in [4.69, 9.17) is 10.5 Å². The predicted octanol–water partition coefficient (Wildman–Crippen LogP) is 2.53. The van der Waals surface area contributed by atoms with Crippen LogP contribution in [0.15, 0.2) is 18.2 Å². The first-order chi connectivity index (χ1) is 7.58. The van der Waals surface area contributed by atoms with Crippen molar-refractivity contribution in [2.75, 3.05) is 0 Å². The first-order valence-corrected chi connectivity index (χ1v) is 5.44. The number of hydrogen-bond donors (Lipinski definition) is 1. The zero-order valence-electron chi connectivity index (χ0n) is 9.12. The standard InChI is InChI=1S/C12H15F2NO/c1-7-2-5-11(16-7)12(15)9-6-8(13)3-4-10(9)14/h3-4,6-7,11-12H,2,5,15H2,1H3. The van der Waals surface area contributed by atoms with E-state index in [-0.39, 0.29) is 17.8 Å². The molecule has 1 fully saturated rings. The maximum absolute atomic E-state index is 13.5. The zero-order valence-corrected chi connectivity index (χ0v) is 9.12. The molecule has 0 radical (unpaired) electrons. The quantitative estimate of drug-likeness (QED) is 0.842. The smallest absolute Gasteiger partial charge is 0.128 e. The Kier molecular flexibility index (Phi) is 3.21. The third-order valence-electron chi connectivity index (χ3n) is 2.98. The molecule has 2 nitrogen and oxygen atoms in total. The molecular formula is C12H15F2NO. The fourth-order valence-electron chi connectivity index (χ4n) is 2.07. The van der Waals surface area contributed by atoms with Gasteiger partial charge in [-0.25, -0.2) is 8.78 Å². The van der Waals surface area contributed by atoms with Crippen LogP contribution in [-0.4, -0.2) is 12.2 Å². The van der Waals surface area contributed by atoms with Gasteiger partial charge in [-0.2, -0.15) is 0 Å². The number of rotatable bonds is 2. The van der Waals surface area contributed by atoms with Crippen molar-refractivity contribution in [1.82, 2.24) is 0 Å². The average Bonchev–Trinajstić information content (AvgIpc) is 2.67. The Hall–Kier alpha value is -1.00. The number of benzene rings is 1. The van der Waals surface area contributed by atoms with E-state index in [0.29, 0.717) is 0 Å². The van der Waals surface area contributed by atoms with Crippen LogP contribution in [0.25, 0.3) is 0 Å². The molecule has 1 aliphatic rings. The molecule has 0 bridgehead atoms. The fourth-order valence-corrected chi connectivity index (χ4v) is 2.07. The van der Waals surface area contributed by atoms with Gasteiger partial charge in [0.05, 0.1) is 18.2 Å². The molecule has 88 valence electrons. The maximum Gasteiger partial charge on any atom is 0.128 e. The van der Waals surface area contributed by atoms with E-state index in [1.807, 2.05) is 6.92 Å². The Morgan fingerprint density at radius 1 is 1.38 bits per heavy atom. The average molecular weight is 227 g/mol. The Morgan fingerprint density at radius 2 is 2.12 bits per heavy atom. The van der Waals surface area contributed by atoms with Crippen molar-refractivity contribution in [3.05, 3.63) is 35.4 Å². The van der Waals surface area contributed by atoms with Crippen LogP contribution in [-0.2, 0) is 4.74 Å². The SMILES string of the molecule is CC1CCC(C(N)c2cc(F)ccc2F)O1. The van der Waals surface area contributed by atoms with Crippen molar-refractivity contribution >= 4 is 0 Å². The molecule has 1 saturated heterocycles. The van der Waals surface area contributed by atoms with Crippen molar-refractivity contribution in [2.45, 2.75) is 38.0 Å². The molecule has 3 unspecified atom stereocenters. The highest BCUT2D eigenvalue weighted by molar-refractivity contribution is 5.23. The van der Waals surface area contributed by atoms with Crippen molar-refractivity contribution < 1.29 is 13.5 Å². The Morgan fingerprint density at radius 3 is 2.75 bits per heavy atom. The summed E-state index contributed by atoms with van der Waals surface area (Å²) >= 11 is 0. The highest BCUT2D eigenvalue weighted by Crippen LogP contribution is 2.29. The van der Waals surface area contributed by atoms with Crippen molar-refractivity contribution in [3.8, 4) is 0 Å². The third kappa shape index (κ3) is 2.23. The van der Waals surface area contributed by atoms with E-state index in [2.05, 4.69) is 0 Å². The molecule has 1 aliphatic heterocycles. The topological polar surface area (TPSA) is 35.2 Å². The molecule has 1 heterocycles. The lowest BCUT2D eigenvalue weighted by Gasteiger charge is -2.20. The molecule has 0 amide bonds. The maximum atomic E-state index is 13.5. The molecule has 0 aliphatic carbocycles. The van der Waals surface area contributed by atoms with Gasteiger partial charge >= 0.3 is 0 Å². The molecule has 4 heteroatoms. The Bertz CT molecular complexity index is 383. The van der Waals surface area contributed by atoms with Crippen LogP contribution in [0.5, 0.6) is 0 Å². The summed E-state index contributed by atoms with van der Waals surface area (Å²) < 4.78 is 32.0. The van der Waals surface area contributed by atoms with Gasteiger partial charge in [-0.15, -0.1) is 0 Å². The molecule has 2 rings (SSSR count). The lowest BCUT2D eigenvalue weighted by Crippen LogP contribution is -2.27. The summed E-state index contributed by atoms with van der Waals surface area (Å²) in [7, 11) is 0. The van der Waals surface area contributed by atoms with E-state index >= 15 is 0 Å². The summed E-state index contributed by atoms with van der Waals surface area (Å²) in [5.74, 6) is -0.949. The van der Waals surface area contributed by atoms with Crippen molar-refractivity contribution in [1.29, 1.82) is 0 Å². The van der Waals surface area contributed by atoms with Crippen LogP contribution in [0.4, 0.5) is 8.78 Å². The van der Waals surface area contributed by atoms with Crippen molar-refractivity contribution in [3.63, 3.8) is 0 Å². The van der Waals surface area contributed by atoms with Gasteiger partial charge in [0, 0.05) is 5.56 Å². The minimum absolute atomic E-state index is 0.146. The van der Waals surface area contributed by atoms with E-state index < -0.39 is 17.7 Å². The van der Waals surface area contributed by atoms with Crippen molar-refractivity contribution in [2.24, 2.45) is 5.73 Å². The van der Waals surface area contributed by atoms with Gasteiger partial charge in [0.1, 0.15) is 11.6 Å². The lowest BCUT2D eigenvalue weighted by atomic mass is 9.99. The molecule has 0 spiro atoms. The number of ether oxygens (including phenoxy) is 1. The van der Waals surface area contributed by atoms with Crippen LogP contribution in [0.2, 0.25) is 0 Å². The number of nitrogens with two attached hydrogens (primary N) is 1. The molecule has 3 atom stereocenters. The molecule has 0 saturated carbocycles. The van der Waals surface area contributed by atoms with Gasteiger partial charge in [-0.3, -0.25) is 0 Å². The van der Waals surface area contributed by atoms with Crippen LogP contribution in [0, 0.1) is 11.6 Å². The normalized spacial score (nSPS) is 27.0. The van der Waals surface area contributed by atoms with Gasteiger partial charge in [-0.05, 0) is 38.0 Å². The second kappa shape index (κ2) is 4.47. The van der Waals surface area contributed by atoms with E-state index in [9.17, 15) is 8.78 Å². The van der Waals surface area contributed by atoms with Gasteiger partial charge in [0.25, 0.3) is 0 Å². The zero-order chi connectivity index (χ0) is 11.7. The van der Waals surface area contributed by atoms with Crippen LogP contribution >= 0.6 is 0 Å². The first kappa shape index (κ1) is 11.5. The van der Waals surface area contributed by atoms with Gasteiger partial charge in [-0.1, -0.05) is 0 Å². The fraction of sp³-hybridized carbons (Fsp3) is 0.500. The van der Waals surface area contributed by atoms with Crippen LogP contribution < -0.4 is 5.73 Å². The minimum atomic E-state index is -0.597. The summed E-state index contributed by atoms with van der Waals surface area (Å²) in [5, 5.41) is 0. The monoisotopic (exact) mass is 227 g/mol. The molecular weight excluding hydrogens is 212 g/mol. The van der Waals surface area contributed by atoms with E-state index in [0.717, 1.165) is 31.0 Å². The molecule has 0 aromatic heterocycles. The van der Waals surface area contributed by atoms with Crippen LogP contribution in [0.1, 0.15) is 31.4 Å². The summed E-state index contributed by atoms with van der Waals surface area (Å²) in [4.78, 5) is 0. The molecule has 1 aromatic carbocycles. The second-order valence-electron chi connectivity index (χ2n) is 4.25. The predicted molar refractivity (Wildman–Crippen MR) is 56.9 cm³/mol. The highest BCUT2D eigenvalue weighted by atomic mass is 19.1. The lowest BCUT2D eigenvalue weighted by molar-refractivity contribution is 0.0394. The summed E-state index contributed by atoms with van der Waals surface area (Å²) in [6, 6.07) is 2.74. The highest BCUT2D eigenvalue weighted by Gasteiger charge is 2.29. The summed E-state index contributed by atoms with van der Waals surface area (Å²) in [6.07, 6.45) is 1.63. The molecule has 2 N–H and O–H groups in total. The summed E-state index contributed by atoms with van der Waals surface area (Å²) in [5.41, 5.74) is 6.09. The van der Waals surface area contributed by atoms with E-state index in [1.165, 1.54) is 0 Å². The van der Waals surface area contributed by atoms with Crippen LogP contribution in [0.3, 0.4) is 0 Å². The Balaban J connectivity index is 2.20. The summed E-state index contributed by atoms with van der Waals surface area (Å²) in [6.45, 7) is 1.95. The first-order valence-electron chi connectivity index (χ1n) is 5.44. The second-order valence-corrected chi connectivity index (χ2v) is 4.25. The van der Waals surface area contributed by atoms with E-state index in [1.54, 1.807) is 0 Å². The van der Waals surface area contributed by atoms with Gasteiger partial charge < -0.3 is 10.5 Å². The van der Waals surface area contributed by atoms with Gasteiger partial charge in [0.15, 0.2) is 0 Å². The number of hydrogen-bond acceptors (Lipinski definition) is 2.